The molecule has 0 aromatic rings. The maximum Gasteiger partial charge on any atom is 0.233 e. The van der Waals surface area contributed by atoms with E-state index < -0.39 is 5.41 Å². The fourth-order valence-electron chi connectivity index (χ4n) is 1.72. The standard InChI is InChI=1S/C12H24N2O2S/c1-4-12(5-2,10(13)17)11(15)14-8-7-9-16-6-3/h4-9H2,1-3H3,(H2,13,17)(H,14,15). The summed E-state index contributed by atoms with van der Waals surface area (Å²) in [5, 5.41) is 2.88. The van der Waals surface area contributed by atoms with Gasteiger partial charge in [0.15, 0.2) is 0 Å². The molecule has 0 bridgehead atoms. The number of nitrogens with two attached hydrogens (primary N) is 1. The molecule has 0 saturated heterocycles. The highest BCUT2D eigenvalue weighted by atomic mass is 32.1. The van der Waals surface area contributed by atoms with E-state index in [2.05, 4.69) is 5.32 Å². The molecule has 0 aromatic carbocycles. The molecule has 0 unspecified atom stereocenters. The monoisotopic (exact) mass is 260 g/mol. The topological polar surface area (TPSA) is 64.3 Å². The molecular weight excluding hydrogens is 236 g/mol. The quantitative estimate of drug-likeness (QED) is 0.488. The third-order valence-electron chi connectivity index (χ3n) is 3.07. The maximum absolute atomic E-state index is 12.1. The highest BCUT2D eigenvalue weighted by molar-refractivity contribution is 7.80. The van der Waals surface area contributed by atoms with E-state index in [-0.39, 0.29) is 10.9 Å². The SMILES string of the molecule is CCOCCCNC(=O)C(CC)(CC)C(N)=S. The molecule has 0 aliphatic heterocycles. The van der Waals surface area contributed by atoms with Crippen molar-refractivity contribution in [1.29, 1.82) is 0 Å². The normalized spacial score (nSPS) is 11.2. The second kappa shape index (κ2) is 8.42. The van der Waals surface area contributed by atoms with Crippen LogP contribution in [0.1, 0.15) is 40.0 Å². The van der Waals surface area contributed by atoms with Crippen molar-refractivity contribution < 1.29 is 9.53 Å². The minimum atomic E-state index is -0.694. The highest BCUT2D eigenvalue weighted by Gasteiger charge is 2.37. The van der Waals surface area contributed by atoms with Crippen molar-refractivity contribution in [2.45, 2.75) is 40.0 Å². The van der Waals surface area contributed by atoms with E-state index in [9.17, 15) is 4.79 Å². The highest BCUT2D eigenvalue weighted by Crippen LogP contribution is 2.27. The molecule has 0 heterocycles. The summed E-state index contributed by atoms with van der Waals surface area (Å²) in [5.74, 6) is -0.0634. The lowest BCUT2D eigenvalue weighted by atomic mass is 9.81. The Morgan fingerprint density at radius 2 is 1.94 bits per heavy atom. The fraction of sp³-hybridized carbons (Fsp3) is 0.833. The zero-order valence-corrected chi connectivity index (χ0v) is 11.9. The largest absolute Gasteiger partial charge is 0.392 e. The molecular formula is C12H24N2O2S. The van der Waals surface area contributed by atoms with Crippen LogP contribution < -0.4 is 11.1 Å². The van der Waals surface area contributed by atoms with Gasteiger partial charge in [-0.05, 0) is 26.2 Å². The Bertz CT molecular complexity index is 253. The lowest BCUT2D eigenvalue weighted by molar-refractivity contribution is -0.127. The van der Waals surface area contributed by atoms with Crippen molar-refractivity contribution >= 4 is 23.1 Å². The van der Waals surface area contributed by atoms with Gasteiger partial charge in [-0.3, -0.25) is 4.79 Å². The zero-order valence-electron chi connectivity index (χ0n) is 11.0. The van der Waals surface area contributed by atoms with Crippen LogP contribution in [0.2, 0.25) is 0 Å². The molecule has 0 aliphatic rings. The van der Waals surface area contributed by atoms with E-state index in [4.69, 9.17) is 22.7 Å². The number of thiocarbonyl (C=S) groups is 1. The Morgan fingerprint density at radius 3 is 2.35 bits per heavy atom. The number of rotatable bonds is 9. The van der Waals surface area contributed by atoms with Gasteiger partial charge in [0.2, 0.25) is 5.91 Å². The summed E-state index contributed by atoms with van der Waals surface area (Å²) < 4.78 is 5.20. The van der Waals surface area contributed by atoms with Crippen molar-refractivity contribution in [3.63, 3.8) is 0 Å². The Kier molecular flexibility index (Phi) is 8.08. The fourth-order valence-corrected chi connectivity index (χ4v) is 2.10. The third kappa shape index (κ3) is 4.60. The summed E-state index contributed by atoms with van der Waals surface area (Å²) in [6.07, 6.45) is 2.08. The van der Waals surface area contributed by atoms with Gasteiger partial charge in [0.05, 0.1) is 10.4 Å². The first-order valence-corrected chi connectivity index (χ1v) is 6.61. The van der Waals surface area contributed by atoms with Gasteiger partial charge in [-0.25, -0.2) is 0 Å². The Hall–Kier alpha value is -0.680. The van der Waals surface area contributed by atoms with E-state index in [1.54, 1.807) is 0 Å². The summed E-state index contributed by atoms with van der Waals surface area (Å²) in [5.41, 5.74) is 5.00. The van der Waals surface area contributed by atoms with E-state index in [0.717, 1.165) is 6.42 Å². The molecule has 17 heavy (non-hydrogen) atoms. The summed E-state index contributed by atoms with van der Waals surface area (Å²) in [6.45, 7) is 7.78. The second-order valence-electron chi connectivity index (χ2n) is 3.96. The van der Waals surface area contributed by atoms with Crippen molar-refractivity contribution in [3.05, 3.63) is 0 Å². The summed E-state index contributed by atoms with van der Waals surface area (Å²) in [4.78, 5) is 12.4. The van der Waals surface area contributed by atoms with Crippen LogP contribution in [0.3, 0.4) is 0 Å². The van der Waals surface area contributed by atoms with E-state index >= 15 is 0 Å². The van der Waals surface area contributed by atoms with Gasteiger partial charge in [0.1, 0.15) is 0 Å². The van der Waals surface area contributed by atoms with E-state index in [1.165, 1.54) is 0 Å². The van der Waals surface area contributed by atoms with E-state index in [1.807, 2.05) is 20.8 Å². The average molecular weight is 260 g/mol. The molecule has 3 N–H and O–H groups in total. The van der Waals surface area contributed by atoms with Crippen LogP contribution in [0.4, 0.5) is 0 Å². The molecule has 0 fully saturated rings. The van der Waals surface area contributed by atoms with Crippen LogP contribution in [-0.4, -0.2) is 30.7 Å². The van der Waals surface area contributed by atoms with Gasteiger partial charge in [-0.2, -0.15) is 0 Å². The minimum Gasteiger partial charge on any atom is -0.392 e. The van der Waals surface area contributed by atoms with Gasteiger partial charge in [0.25, 0.3) is 0 Å². The van der Waals surface area contributed by atoms with Crippen LogP contribution in [0, 0.1) is 5.41 Å². The minimum absolute atomic E-state index is 0.0634. The summed E-state index contributed by atoms with van der Waals surface area (Å²) >= 11 is 5.02. The lowest BCUT2D eigenvalue weighted by Crippen LogP contribution is -2.48. The molecule has 4 nitrogen and oxygen atoms in total. The number of amides is 1. The van der Waals surface area contributed by atoms with Gasteiger partial charge in [-0.1, -0.05) is 26.1 Å². The number of carbonyl (C=O) groups excluding carboxylic acids is 1. The first kappa shape index (κ1) is 16.3. The first-order valence-electron chi connectivity index (χ1n) is 6.21. The van der Waals surface area contributed by atoms with Crippen LogP contribution in [-0.2, 0) is 9.53 Å². The second-order valence-corrected chi connectivity index (χ2v) is 4.40. The van der Waals surface area contributed by atoms with Gasteiger partial charge < -0.3 is 15.8 Å². The van der Waals surface area contributed by atoms with Crippen LogP contribution in [0.15, 0.2) is 0 Å². The molecule has 0 rings (SSSR count). The zero-order chi connectivity index (χ0) is 13.3. The van der Waals surface area contributed by atoms with Gasteiger partial charge in [0, 0.05) is 19.8 Å². The van der Waals surface area contributed by atoms with Gasteiger partial charge >= 0.3 is 0 Å². The number of hydrogen-bond donors (Lipinski definition) is 2. The van der Waals surface area contributed by atoms with Crippen LogP contribution in [0.25, 0.3) is 0 Å². The summed E-state index contributed by atoms with van der Waals surface area (Å²) in [7, 11) is 0. The molecule has 100 valence electrons. The molecule has 0 aromatic heterocycles. The molecule has 0 atom stereocenters. The molecule has 0 radical (unpaired) electrons. The lowest BCUT2D eigenvalue weighted by Gasteiger charge is -2.28. The maximum atomic E-state index is 12.1. The number of carbonyl (C=O) groups is 1. The summed E-state index contributed by atoms with van der Waals surface area (Å²) in [6, 6.07) is 0. The number of ether oxygens (including phenoxy) is 1. The van der Waals surface area contributed by atoms with Crippen molar-refractivity contribution in [2.24, 2.45) is 11.1 Å². The molecule has 0 aliphatic carbocycles. The molecule has 5 heteroatoms. The first-order chi connectivity index (χ1) is 8.05. The van der Waals surface area contributed by atoms with Crippen molar-refractivity contribution in [1.82, 2.24) is 5.32 Å². The van der Waals surface area contributed by atoms with Gasteiger partial charge in [-0.15, -0.1) is 0 Å². The number of hydrogen-bond acceptors (Lipinski definition) is 3. The van der Waals surface area contributed by atoms with Crippen LogP contribution in [0.5, 0.6) is 0 Å². The smallest absolute Gasteiger partial charge is 0.233 e. The Labute approximate surface area is 109 Å². The molecule has 0 spiro atoms. The Morgan fingerprint density at radius 1 is 1.35 bits per heavy atom. The number of nitrogens with one attached hydrogen (secondary N) is 1. The van der Waals surface area contributed by atoms with Crippen molar-refractivity contribution in [2.75, 3.05) is 19.8 Å². The molecule has 1 amide bonds. The molecule has 0 saturated carbocycles. The van der Waals surface area contributed by atoms with Crippen LogP contribution >= 0.6 is 12.2 Å². The van der Waals surface area contributed by atoms with Crippen molar-refractivity contribution in [3.8, 4) is 0 Å². The third-order valence-corrected chi connectivity index (χ3v) is 3.46. The average Bonchev–Trinajstić information content (AvgIpc) is 2.30. The van der Waals surface area contributed by atoms with E-state index in [0.29, 0.717) is 32.6 Å². The Balaban J connectivity index is 4.21. The predicted octanol–water partition coefficient (Wildman–Crippen LogP) is 1.62. The predicted molar refractivity (Wildman–Crippen MR) is 73.9 cm³/mol.